The SMILES string of the molecule is CN(C(=O)[C@@H]1CC[C@@H](NC(=O)c2[nH]c(=O)[nH]c(=O)c2N)C1)c1nc2ccccc2s1. The van der Waals surface area contributed by atoms with E-state index in [4.69, 9.17) is 5.73 Å². The summed E-state index contributed by atoms with van der Waals surface area (Å²) in [6.07, 6.45) is 1.66. The number of benzene rings is 1. The molecule has 2 amide bonds. The summed E-state index contributed by atoms with van der Waals surface area (Å²) in [6, 6.07) is 7.42. The van der Waals surface area contributed by atoms with Crippen LogP contribution in [0.4, 0.5) is 10.8 Å². The van der Waals surface area contributed by atoms with Crippen LogP contribution in [0.5, 0.6) is 0 Å². The molecule has 2 aromatic heterocycles. The average Bonchev–Trinajstić information content (AvgIpc) is 3.36. The van der Waals surface area contributed by atoms with Crippen LogP contribution in [0.15, 0.2) is 33.9 Å². The van der Waals surface area contributed by atoms with Gasteiger partial charge in [-0.25, -0.2) is 9.78 Å². The molecule has 0 unspecified atom stereocenters. The molecule has 5 N–H and O–H groups in total. The molecule has 10 nitrogen and oxygen atoms in total. The van der Waals surface area contributed by atoms with Crippen molar-refractivity contribution in [2.75, 3.05) is 17.7 Å². The fourth-order valence-corrected chi connectivity index (χ4v) is 4.57. The van der Waals surface area contributed by atoms with Gasteiger partial charge in [-0.2, -0.15) is 0 Å². The Morgan fingerprint density at radius 2 is 2.00 bits per heavy atom. The number of carbonyl (C=O) groups is 2. The number of hydrogen-bond acceptors (Lipinski definition) is 7. The van der Waals surface area contributed by atoms with Crippen molar-refractivity contribution in [2.24, 2.45) is 5.92 Å². The molecule has 1 aliphatic carbocycles. The maximum absolute atomic E-state index is 12.9. The highest BCUT2D eigenvalue weighted by molar-refractivity contribution is 7.22. The summed E-state index contributed by atoms with van der Waals surface area (Å²) < 4.78 is 1.01. The van der Waals surface area contributed by atoms with E-state index in [2.05, 4.69) is 15.3 Å². The van der Waals surface area contributed by atoms with Crippen LogP contribution in [0.1, 0.15) is 29.8 Å². The zero-order valence-corrected chi connectivity index (χ0v) is 16.9. The van der Waals surface area contributed by atoms with E-state index in [1.807, 2.05) is 29.2 Å². The van der Waals surface area contributed by atoms with Crippen molar-refractivity contribution in [3.63, 3.8) is 0 Å². The summed E-state index contributed by atoms with van der Waals surface area (Å²) in [6.45, 7) is 0. The van der Waals surface area contributed by atoms with Crippen LogP contribution in [0, 0.1) is 5.92 Å². The molecule has 1 aromatic carbocycles. The van der Waals surface area contributed by atoms with Crippen LogP contribution in [0.25, 0.3) is 10.2 Å². The summed E-state index contributed by atoms with van der Waals surface area (Å²) in [7, 11) is 1.70. The van der Waals surface area contributed by atoms with E-state index >= 15 is 0 Å². The van der Waals surface area contributed by atoms with Crippen molar-refractivity contribution in [1.29, 1.82) is 0 Å². The van der Waals surface area contributed by atoms with Crippen LogP contribution in [0.3, 0.4) is 0 Å². The Labute approximate surface area is 174 Å². The van der Waals surface area contributed by atoms with Gasteiger partial charge < -0.3 is 16.0 Å². The van der Waals surface area contributed by atoms with Crippen LogP contribution in [-0.2, 0) is 4.79 Å². The topological polar surface area (TPSA) is 154 Å². The highest BCUT2D eigenvalue weighted by Gasteiger charge is 2.34. The van der Waals surface area contributed by atoms with E-state index in [9.17, 15) is 19.2 Å². The number of rotatable bonds is 4. The van der Waals surface area contributed by atoms with Crippen LogP contribution >= 0.6 is 11.3 Å². The second-order valence-electron chi connectivity index (χ2n) is 7.24. The lowest BCUT2D eigenvalue weighted by Gasteiger charge is -2.19. The molecule has 156 valence electrons. The number of H-pyrrole nitrogens is 2. The Morgan fingerprint density at radius 1 is 1.23 bits per heavy atom. The largest absolute Gasteiger partial charge is 0.392 e. The van der Waals surface area contributed by atoms with Crippen LogP contribution in [-0.4, -0.2) is 39.9 Å². The highest BCUT2D eigenvalue weighted by Crippen LogP contribution is 2.32. The van der Waals surface area contributed by atoms with E-state index < -0.39 is 17.2 Å². The normalized spacial score (nSPS) is 18.4. The van der Waals surface area contributed by atoms with Gasteiger partial charge in [-0.1, -0.05) is 23.5 Å². The summed E-state index contributed by atoms with van der Waals surface area (Å²) in [4.78, 5) is 58.7. The maximum atomic E-state index is 12.9. The lowest BCUT2D eigenvalue weighted by atomic mass is 10.1. The number of aromatic amines is 2. The third kappa shape index (κ3) is 3.71. The molecule has 0 spiro atoms. The summed E-state index contributed by atoms with van der Waals surface area (Å²) in [5, 5.41) is 3.38. The second kappa shape index (κ2) is 7.75. The lowest BCUT2D eigenvalue weighted by Crippen LogP contribution is -2.38. The number of nitrogen functional groups attached to an aromatic ring is 1. The molecule has 11 heteroatoms. The number of amides is 2. The molecule has 0 radical (unpaired) electrons. The fraction of sp³-hybridized carbons (Fsp3) is 0.316. The molecule has 0 bridgehead atoms. The van der Waals surface area contributed by atoms with Gasteiger partial charge in [0.2, 0.25) is 5.91 Å². The van der Waals surface area contributed by atoms with Crippen molar-refractivity contribution in [1.82, 2.24) is 20.3 Å². The molecule has 0 saturated heterocycles. The molecule has 4 rings (SSSR count). The number of fused-ring (bicyclic) bond motifs is 1. The van der Waals surface area contributed by atoms with Crippen LogP contribution < -0.4 is 27.2 Å². The van der Waals surface area contributed by atoms with E-state index in [0.717, 1.165) is 10.2 Å². The number of para-hydroxylation sites is 1. The number of nitrogens with one attached hydrogen (secondary N) is 3. The Hall–Kier alpha value is -3.47. The first-order chi connectivity index (χ1) is 14.3. The van der Waals surface area contributed by atoms with E-state index in [0.29, 0.717) is 24.4 Å². The third-order valence-electron chi connectivity index (χ3n) is 5.22. The number of nitrogens with zero attached hydrogens (tertiary/aromatic N) is 2. The Morgan fingerprint density at radius 3 is 2.77 bits per heavy atom. The molecule has 30 heavy (non-hydrogen) atoms. The standard InChI is InChI=1S/C19H20N6O4S/c1-25(19-22-11-4-2-3-5-12(11)30-19)17(28)9-6-7-10(8-9)21-16(27)14-13(20)15(26)24-18(29)23-14/h2-5,9-10H,6-8,20H2,1H3,(H,21,27)(H2,23,24,26,29)/t9-,10-/m1/s1. The molecule has 1 saturated carbocycles. The molecular formula is C19H20N6O4S. The van der Waals surface area contributed by atoms with Gasteiger partial charge in [-0.05, 0) is 31.4 Å². The van der Waals surface area contributed by atoms with Crippen molar-refractivity contribution in [3.05, 3.63) is 50.8 Å². The minimum atomic E-state index is -0.819. The minimum Gasteiger partial charge on any atom is -0.392 e. The highest BCUT2D eigenvalue weighted by atomic mass is 32.1. The van der Waals surface area contributed by atoms with Gasteiger partial charge in [0.25, 0.3) is 11.5 Å². The number of aromatic nitrogens is 3. The van der Waals surface area contributed by atoms with Gasteiger partial charge in [0.15, 0.2) is 5.13 Å². The predicted molar refractivity (Wildman–Crippen MR) is 114 cm³/mol. The maximum Gasteiger partial charge on any atom is 0.326 e. The Bertz CT molecular complexity index is 1210. The number of hydrogen-bond donors (Lipinski definition) is 4. The number of anilines is 2. The number of nitrogens with two attached hydrogens (primary N) is 1. The van der Waals surface area contributed by atoms with Gasteiger partial charge in [0.1, 0.15) is 11.4 Å². The van der Waals surface area contributed by atoms with Gasteiger partial charge in [-0.15, -0.1) is 0 Å². The number of thiazole rings is 1. The van der Waals surface area contributed by atoms with Gasteiger partial charge in [0, 0.05) is 19.0 Å². The van der Waals surface area contributed by atoms with E-state index in [-0.39, 0.29) is 29.2 Å². The van der Waals surface area contributed by atoms with Gasteiger partial charge in [-0.3, -0.25) is 24.3 Å². The first-order valence-corrected chi connectivity index (χ1v) is 10.2. The molecule has 0 aliphatic heterocycles. The monoisotopic (exact) mass is 428 g/mol. The molecule has 3 aromatic rings. The predicted octanol–water partition coefficient (Wildman–Crippen LogP) is 0.817. The van der Waals surface area contributed by atoms with Crippen LogP contribution in [0.2, 0.25) is 0 Å². The third-order valence-corrected chi connectivity index (χ3v) is 6.34. The molecule has 1 aliphatic rings. The Kier molecular flexibility index (Phi) is 5.12. The minimum absolute atomic E-state index is 0.0603. The number of carbonyl (C=O) groups excluding carboxylic acids is 2. The summed E-state index contributed by atoms with van der Waals surface area (Å²) in [5.74, 6) is -0.967. The van der Waals surface area contributed by atoms with Crippen molar-refractivity contribution < 1.29 is 9.59 Å². The molecule has 1 fully saturated rings. The molecule has 2 heterocycles. The average molecular weight is 428 g/mol. The van der Waals surface area contributed by atoms with Crippen molar-refractivity contribution in [3.8, 4) is 0 Å². The lowest BCUT2D eigenvalue weighted by molar-refractivity contribution is -0.121. The fourth-order valence-electron chi connectivity index (χ4n) is 3.64. The van der Waals surface area contributed by atoms with Crippen molar-refractivity contribution >= 4 is 44.2 Å². The van der Waals surface area contributed by atoms with E-state index in [1.54, 1.807) is 11.9 Å². The Balaban J connectivity index is 1.42. The van der Waals surface area contributed by atoms with Gasteiger partial charge in [0.05, 0.1) is 10.2 Å². The first kappa shape index (κ1) is 19.8. The zero-order chi connectivity index (χ0) is 21.4. The van der Waals surface area contributed by atoms with Crippen molar-refractivity contribution in [2.45, 2.75) is 25.3 Å². The smallest absolute Gasteiger partial charge is 0.326 e. The summed E-state index contributed by atoms with van der Waals surface area (Å²) in [5.41, 5.74) is 4.19. The molecular weight excluding hydrogens is 408 g/mol. The zero-order valence-electron chi connectivity index (χ0n) is 16.1. The second-order valence-corrected chi connectivity index (χ2v) is 8.25. The first-order valence-electron chi connectivity index (χ1n) is 9.39. The van der Waals surface area contributed by atoms with E-state index in [1.165, 1.54) is 11.3 Å². The quantitative estimate of drug-likeness (QED) is 0.482. The molecule has 2 atom stereocenters. The summed E-state index contributed by atoms with van der Waals surface area (Å²) >= 11 is 1.45. The van der Waals surface area contributed by atoms with Gasteiger partial charge >= 0.3 is 5.69 Å².